The van der Waals surface area contributed by atoms with E-state index in [-0.39, 0.29) is 11.6 Å². The number of aromatic nitrogens is 4. The van der Waals surface area contributed by atoms with E-state index in [1.165, 1.54) is 0 Å². The third-order valence-electron chi connectivity index (χ3n) is 4.94. The first-order chi connectivity index (χ1) is 12.5. The molecular formula is C18H23N7O. The number of nitrogens with one attached hydrogen (secondary N) is 1. The standard InChI is InChI=1S/C18H23N7O/c1-4-24-10-7-20-17(18(24)26)25-8-5-14(6-9-25)21-16-15(11-19)12(2)13(3)22-23-16/h7,10,14H,4-6,8-9H2,1-3H3,(H,21,23). The smallest absolute Gasteiger partial charge is 0.293 e. The van der Waals surface area contributed by atoms with Gasteiger partial charge in [-0.25, -0.2) is 4.98 Å². The summed E-state index contributed by atoms with van der Waals surface area (Å²) in [5.74, 6) is 1.05. The summed E-state index contributed by atoms with van der Waals surface area (Å²) in [5, 5.41) is 21.0. The van der Waals surface area contributed by atoms with Gasteiger partial charge in [0.15, 0.2) is 11.6 Å². The molecule has 1 aliphatic rings. The van der Waals surface area contributed by atoms with Crippen LogP contribution in [-0.4, -0.2) is 38.9 Å². The van der Waals surface area contributed by atoms with Crippen molar-refractivity contribution in [2.75, 3.05) is 23.3 Å². The van der Waals surface area contributed by atoms with Gasteiger partial charge >= 0.3 is 0 Å². The number of nitriles is 1. The van der Waals surface area contributed by atoms with Crippen molar-refractivity contribution in [2.45, 2.75) is 46.2 Å². The second kappa shape index (κ2) is 7.52. The van der Waals surface area contributed by atoms with E-state index in [4.69, 9.17) is 0 Å². The Labute approximate surface area is 152 Å². The van der Waals surface area contributed by atoms with Gasteiger partial charge in [-0.1, -0.05) is 0 Å². The van der Waals surface area contributed by atoms with Gasteiger partial charge in [0.1, 0.15) is 11.6 Å². The number of nitrogens with zero attached hydrogens (tertiary/aromatic N) is 6. The fourth-order valence-corrected chi connectivity index (χ4v) is 3.18. The Balaban J connectivity index is 1.70. The van der Waals surface area contributed by atoms with Gasteiger partial charge in [-0.3, -0.25) is 4.79 Å². The monoisotopic (exact) mass is 353 g/mol. The van der Waals surface area contributed by atoms with Crippen LogP contribution in [0.5, 0.6) is 0 Å². The molecule has 1 saturated heterocycles. The zero-order valence-corrected chi connectivity index (χ0v) is 15.4. The first-order valence-electron chi connectivity index (χ1n) is 8.86. The van der Waals surface area contributed by atoms with Crippen LogP contribution in [-0.2, 0) is 6.54 Å². The van der Waals surface area contributed by atoms with Crippen LogP contribution in [0, 0.1) is 25.2 Å². The van der Waals surface area contributed by atoms with Crippen LogP contribution in [0.2, 0.25) is 0 Å². The van der Waals surface area contributed by atoms with Crippen LogP contribution < -0.4 is 15.8 Å². The molecule has 1 aliphatic heterocycles. The van der Waals surface area contributed by atoms with Gasteiger partial charge in [-0.05, 0) is 39.2 Å². The second-order valence-electron chi connectivity index (χ2n) is 6.49. The van der Waals surface area contributed by atoms with Gasteiger partial charge in [0.2, 0.25) is 0 Å². The number of rotatable bonds is 4. The average molecular weight is 353 g/mol. The summed E-state index contributed by atoms with van der Waals surface area (Å²) < 4.78 is 1.66. The first kappa shape index (κ1) is 17.9. The fourth-order valence-electron chi connectivity index (χ4n) is 3.18. The summed E-state index contributed by atoms with van der Waals surface area (Å²) in [7, 11) is 0. The van der Waals surface area contributed by atoms with Crippen molar-refractivity contribution in [3.05, 3.63) is 39.6 Å². The summed E-state index contributed by atoms with van der Waals surface area (Å²) in [4.78, 5) is 18.7. The maximum atomic E-state index is 12.4. The molecule has 0 amide bonds. The average Bonchev–Trinajstić information content (AvgIpc) is 2.66. The molecule has 0 aliphatic carbocycles. The lowest BCUT2D eigenvalue weighted by atomic mass is 10.0. The highest BCUT2D eigenvalue weighted by Crippen LogP contribution is 2.22. The lowest BCUT2D eigenvalue weighted by Gasteiger charge is -2.33. The summed E-state index contributed by atoms with van der Waals surface area (Å²) in [6.45, 7) is 7.77. The number of hydrogen-bond donors (Lipinski definition) is 1. The molecule has 0 unspecified atom stereocenters. The van der Waals surface area contributed by atoms with E-state index in [9.17, 15) is 10.1 Å². The van der Waals surface area contributed by atoms with Gasteiger partial charge in [-0.15, -0.1) is 5.10 Å². The molecule has 8 heteroatoms. The molecule has 8 nitrogen and oxygen atoms in total. The maximum Gasteiger partial charge on any atom is 0.293 e. The second-order valence-corrected chi connectivity index (χ2v) is 6.49. The number of hydrogen-bond acceptors (Lipinski definition) is 7. The van der Waals surface area contributed by atoms with Gasteiger partial charge in [0.25, 0.3) is 5.56 Å². The molecular weight excluding hydrogens is 330 g/mol. The summed E-state index contributed by atoms with van der Waals surface area (Å²) in [5.41, 5.74) is 2.13. The van der Waals surface area contributed by atoms with Crippen molar-refractivity contribution in [1.82, 2.24) is 19.7 Å². The predicted octanol–water partition coefficient (Wildman–Crippen LogP) is 1.62. The van der Waals surface area contributed by atoms with Crippen LogP contribution in [0.1, 0.15) is 36.6 Å². The van der Waals surface area contributed by atoms with Gasteiger partial charge in [0, 0.05) is 38.1 Å². The molecule has 136 valence electrons. The molecule has 0 spiro atoms. The minimum atomic E-state index is -0.0480. The third kappa shape index (κ3) is 3.38. The zero-order chi connectivity index (χ0) is 18.7. The number of anilines is 2. The maximum absolute atomic E-state index is 12.4. The van der Waals surface area contributed by atoms with E-state index in [1.54, 1.807) is 17.0 Å². The van der Waals surface area contributed by atoms with Crippen molar-refractivity contribution in [1.29, 1.82) is 5.26 Å². The van der Waals surface area contributed by atoms with Gasteiger partial charge < -0.3 is 14.8 Å². The summed E-state index contributed by atoms with van der Waals surface area (Å²) >= 11 is 0. The zero-order valence-electron chi connectivity index (χ0n) is 15.4. The van der Waals surface area contributed by atoms with Gasteiger partial charge in [0.05, 0.1) is 5.69 Å². The highest BCUT2D eigenvalue weighted by Gasteiger charge is 2.24. The normalized spacial score (nSPS) is 14.9. The number of piperidine rings is 1. The highest BCUT2D eigenvalue weighted by atomic mass is 16.1. The van der Waals surface area contributed by atoms with Crippen molar-refractivity contribution >= 4 is 11.6 Å². The quantitative estimate of drug-likeness (QED) is 0.891. The van der Waals surface area contributed by atoms with E-state index >= 15 is 0 Å². The largest absolute Gasteiger partial charge is 0.365 e. The Bertz CT molecular complexity index is 891. The summed E-state index contributed by atoms with van der Waals surface area (Å²) in [6.07, 6.45) is 5.06. The van der Waals surface area contributed by atoms with Crippen LogP contribution in [0.25, 0.3) is 0 Å². The van der Waals surface area contributed by atoms with Gasteiger partial charge in [-0.2, -0.15) is 10.4 Å². The van der Waals surface area contributed by atoms with Crippen LogP contribution in [0.4, 0.5) is 11.6 Å². The Hall–Kier alpha value is -2.95. The van der Waals surface area contributed by atoms with Crippen LogP contribution in [0.3, 0.4) is 0 Å². The minimum Gasteiger partial charge on any atom is -0.365 e. The fraction of sp³-hybridized carbons (Fsp3) is 0.500. The molecule has 0 saturated carbocycles. The lowest BCUT2D eigenvalue weighted by molar-refractivity contribution is 0.518. The molecule has 3 rings (SSSR count). The SMILES string of the molecule is CCn1ccnc(N2CCC(Nc3nnc(C)c(C)c3C#N)CC2)c1=O. The molecule has 3 heterocycles. The highest BCUT2D eigenvalue weighted by molar-refractivity contribution is 5.56. The molecule has 1 fully saturated rings. The van der Waals surface area contributed by atoms with E-state index in [0.717, 1.165) is 37.2 Å². The Morgan fingerprint density at radius 1 is 1.31 bits per heavy atom. The third-order valence-corrected chi connectivity index (χ3v) is 4.94. The van der Waals surface area contributed by atoms with Crippen molar-refractivity contribution in [3.63, 3.8) is 0 Å². The van der Waals surface area contributed by atoms with Crippen molar-refractivity contribution in [2.24, 2.45) is 0 Å². The molecule has 2 aromatic heterocycles. The molecule has 0 aromatic carbocycles. The first-order valence-corrected chi connectivity index (χ1v) is 8.86. The minimum absolute atomic E-state index is 0.0480. The summed E-state index contributed by atoms with van der Waals surface area (Å²) in [6, 6.07) is 2.41. The van der Waals surface area contributed by atoms with E-state index in [2.05, 4.69) is 26.6 Å². The van der Waals surface area contributed by atoms with E-state index < -0.39 is 0 Å². The van der Waals surface area contributed by atoms with E-state index in [0.29, 0.717) is 23.7 Å². The topological polar surface area (TPSA) is 99.7 Å². The Morgan fingerprint density at radius 3 is 2.69 bits per heavy atom. The lowest BCUT2D eigenvalue weighted by Crippen LogP contribution is -2.42. The van der Waals surface area contributed by atoms with Crippen LogP contribution >= 0.6 is 0 Å². The molecule has 1 N–H and O–H groups in total. The predicted molar refractivity (Wildman–Crippen MR) is 99.2 cm³/mol. The number of aryl methyl sites for hydroxylation is 2. The molecule has 0 atom stereocenters. The molecule has 0 radical (unpaired) electrons. The molecule has 2 aromatic rings. The van der Waals surface area contributed by atoms with Crippen molar-refractivity contribution < 1.29 is 0 Å². The van der Waals surface area contributed by atoms with Crippen molar-refractivity contribution in [3.8, 4) is 6.07 Å². The Morgan fingerprint density at radius 2 is 2.04 bits per heavy atom. The Kier molecular flexibility index (Phi) is 5.16. The van der Waals surface area contributed by atoms with E-state index in [1.807, 2.05) is 25.7 Å². The van der Waals surface area contributed by atoms with Crippen LogP contribution in [0.15, 0.2) is 17.2 Å². The molecule has 0 bridgehead atoms. The molecule has 26 heavy (non-hydrogen) atoms.